The zero-order valence-corrected chi connectivity index (χ0v) is 20.1. The van der Waals surface area contributed by atoms with Gasteiger partial charge in [-0.05, 0) is 38.8 Å². The third-order valence-electron chi connectivity index (χ3n) is 6.61. The molecule has 0 spiro atoms. The Labute approximate surface area is 201 Å². The molecule has 1 amide bonds. The van der Waals surface area contributed by atoms with Crippen molar-refractivity contribution in [2.45, 2.75) is 51.3 Å². The van der Waals surface area contributed by atoms with Gasteiger partial charge >= 0.3 is 12.1 Å². The Morgan fingerprint density at radius 2 is 1.74 bits per heavy atom. The van der Waals surface area contributed by atoms with Crippen molar-refractivity contribution in [2.24, 2.45) is 5.92 Å². The summed E-state index contributed by atoms with van der Waals surface area (Å²) in [4.78, 5) is 28.2. The predicted octanol–water partition coefficient (Wildman–Crippen LogP) is 4.38. The summed E-state index contributed by atoms with van der Waals surface area (Å²) in [7, 11) is 0. The molecule has 1 N–H and O–H groups in total. The molecule has 2 aliphatic rings. The van der Waals surface area contributed by atoms with Crippen LogP contribution in [0.4, 0.5) is 4.79 Å². The number of carbonyl (C=O) groups excluding carboxylic acids is 1. The molecule has 7 nitrogen and oxygen atoms in total. The SMILES string of the molecule is CC(C)(C)OC(=O)N1CC[C@H]2[C@@H](C1)[C@H](c1ccccc1)CN2Cc1ccccc1OCC(=O)O. The molecule has 2 aliphatic heterocycles. The number of benzene rings is 2. The molecule has 34 heavy (non-hydrogen) atoms. The van der Waals surface area contributed by atoms with Crippen molar-refractivity contribution >= 4 is 12.1 Å². The second-order valence-electron chi connectivity index (χ2n) is 10.2. The van der Waals surface area contributed by atoms with Crippen LogP contribution in [-0.4, -0.2) is 64.9 Å². The molecule has 2 aromatic carbocycles. The highest BCUT2D eigenvalue weighted by Gasteiger charge is 2.46. The Hall–Kier alpha value is -3.06. The maximum absolute atomic E-state index is 12.8. The van der Waals surface area contributed by atoms with Gasteiger partial charge in [0.1, 0.15) is 11.4 Å². The molecule has 2 saturated heterocycles. The summed E-state index contributed by atoms with van der Waals surface area (Å²) >= 11 is 0. The average Bonchev–Trinajstić information content (AvgIpc) is 3.15. The Morgan fingerprint density at radius 1 is 1.03 bits per heavy atom. The van der Waals surface area contributed by atoms with Gasteiger partial charge in [0, 0.05) is 49.6 Å². The minimum absolute atomic E-state index is 0.247. The van der Waals surface area contributed by atoms with Crippen LogP contribution in [0.2, 0.25) is 0 Å². The monoisotopic (exact) mass is 466 g/mol. The van der Waals surface area contributed by atoms with Crippen LogP contribution in [0.15, 0.2) is 54.6 Å². The third-order valence-corrected chi connectivity index (χ3v) is 6.61. The maximum Gasteiger partial charge on any atom is 0.410 e. The number of rotatable bonds is 6. The van der Waals surface area contributed by atoms with E-state index in [0.29, 0.717) is 37.3 Å². The molecule has 2 heterocycles. The number of carboxylic acids is 1. The lowest BCUT2D eigenvalue weighted by Gasteiger charge is -2.39. The van der Waals surface area contributed by atoms with E-state index < -0.39 is 11.6 Å². The van der Waals surface area contributed by atoms with Gasteiger partial charge < -0.3 is 19.5 Å². The van der Waals surface area contributed by atoms with Gasteiger partial charge in [0.05, 0.1) is 0 Å². The van der Waals surface area contributed by atoms with Crippen LogP contribution in [-0.2, 0) is 16.1 Å². The zero-order chi connectivity index (χ0) is 24.3. The maximum atomic E-state index is 12.8. The van der Waals surface area contributed by atoms with Crippen molar-refractivity contribution in [3.8, 4) is 5.75 Å². The first-order chi connectivity index (χ1) is 16.2. The van der Waals surface area contributed by atoms with Crippen molar-refractivity contribution in [3.63, 3.8) is 0 Å². The highest BCUT2D eigenvalue weighted by atomic mass is 16.6. The summed E-state index contributed by atoms with van der Waals surface area (Å²) in [6.45, 7) is 8.18. The van der Waals surface area contributed by atoms with Crippen molar-refractivity contribution in [1.29, 1.82) is 0 Å². The number of nitrogens with zero attached hydrogens (tertiary/aromatic N) is 2. The van der Waals surface area contributed by atoms with Crippen LogP contribution in [0.1, 0.15) is 44.2 Å². The normalized spacial score (nSPS) is 22.8. The van der Waals surface area contributed by atoms with Crippen LogP contribution in [0.25, 0.3) is 0 Å². The van der Waals surface area contributed by atoms with Crippen molar-refractivity contribution < 1.29 is 24.2 Å². The van der Waals surface area contributed by atoms with E-state index in [0.717, 1.165) is 18.5 Å². The van der Waals surface area contributed by atoms with Gasteiger partial charge in [-0.25, -0.2) is 9.59 Å². The summed E-state index contributed by atoms with van der Waals surface area (Å²) in [5.41, 5.74) is 1.74. The molecule has 2 fully saturated rings. The van der Waals surface area contributed by atoms with Crippen LogP contribution in [0.5, 0.6) is 5.75 Å². The molecular weight excluding hydrogens is 432 g/mol. The van der Waals surface area contributed by atoms with Crippen LogP contribution in [0.3, 0.4) is 0 Å². The van der Waals surface area contributed by atoms with Gasteiger partial charge in [0.2, 0.25) is 0 Å². The fourth-order valence-corrected chi connectivity index (χ4v) is 5.20. The van der Waals surface area contributed by atoms with Crippen LogP contribution in [0, 0.1) is 5.92 Å². The van der Waals surface area contributed by atoms with E-state index in [4.69, 9.17) is 14.6 Å². The predicted molar refractivity (Wildman–Crippen MR) is 129 cm³/mol. The minimum atomic E-state index is -0.991. The van der Waals surface area contributed by atoms with Gasteiger partial charge in [-0.15, -0.1) is 0 Å². The number of aliphatic carboxylic acids is 1. The topological polar surface area (TPSA) is 79.3 Å². The molecule has 0 aromatic heterocycles. The molecule has 0 saturated carbocycles. The van der Waals surface area contributed by atoms with Crippen molar-refractivity contribution in [1.82, 2.24) is 9.80 Å². The lowest BCUT2D eigenvalue weighted by atomic mass is 9.82. The Bertz CT molecular complexity index is 1000. The molecule has 3 atom stereocenters. The number of piperidine rings is 1. The number of likely N-dealkylation sites (tertiary alicyclic amines) is 2. The number of fused-ring (bicyclic) bond motifs is 1. The number of hydrogen-bond donors (Lipinski definition) is 1. The van der Waals surface area contributed by atoms with Gasteiger partial charge in [-0.2, -0.15) is 0 Å². The summed E-state index contributed by atoms with van der Waals surface area (Å²) in [6.07, 6.45) is 0.620. The second kappa shape index (κ2) is 10.1. The zero-order valence-electron chi connectivity index (χ0n) is 20.1. The Morgan fingerprint density at radius 3 is 2.44 bits per heavy atom. The van der Waals surface area contributed by atoms with Gasteiger partial charge in [0.25, 0.3) is 0 Å². The average molecular weight is 467 g/mol. The summed E-state index contributed by atoms with van der Waals surface area (Å²) < 4.78 is 11.2. The quantitative estimate of drug-likeness (QED) is 0.681. The largest absolute Gasteiger partial charge is 0.482 e. The highest BCUT2D eigenvalue weighted by molar-refractivity contribution is 5.69. The number of carbonyl (C=O) groups is 2. The molecule has 182 valence electrons. The van der Waals surface area contributed by atoms with E-state index in [1.807, 2.05) is 56.0 Å². The number of ether oxygens (including phenoxy) is 2. The molecular formula is C27H34N2O5. The molecule has 2 aromatic rings. The third kappa shape index (κ3) is 5.70. The first-order valence-electron chi connectivity index (χ1n) is 11.9. The van der Waals surface area contributed by atoms with Crippen molar-refractivity contribution in [3.05, 3.63) is 65.7 Å². The van der Waals surface area contributed by atoms with Crippen LogP contribution < -0.4 is 4.74 Å². The van der Waals surface area contributed by atoms with Gasteiger partial charge in [0.15, 0.2) is 6.61 Å². The van der Waals surface area contributed by atoms with E-state index in [9.17, 15) is 9.59 Å². The first kappa shape index (κ1) is 24.1. The molecule has 4 rings (SSSR count). The first-order valence-corrected chi connectivity index (χ1v) is 11.9. The second-order valence-corrected chi connectivity index (χ2v) is 10.2. The molecule has 7 heteroatoms. The van der Waals surface area contributed by atoms with Gasteiger partial charge in [-0.1, -0.05) is 48.5 Å². The highest BCUT2D eigenvalue weighted by Crippen LogP contribution is 2.42. The minimum Gasteiger partial charge on any atom is -0.482 e. The summed E-state index contributed by atoms with van der Waals surface area (Å²) in [5, 5.41) is 9.03. The fourth-order valence-electron chi connectivity index (χ4n) is 5.20. The fraction of sp³-hybridized carbons (Fsp3) is 0.481. The van der Waals surface area contributed by atoms with E-state index in [1.165, 1.54) is 5.56 Å². The Kier molecular flexibility index (Phi) is 7.12. The summed E-state index contributed by atoms with van der Waals surface area (Å²) in [6, 6.07) is 18.4. The standard InChI is InChI=1S/C27H34N2O5/c1-27(2,3)34-26(32)28-14-13-23-22(17-28)21(19-9-5-4-6-10-19)16-29(23)15-20-11-7-8-12-24(20)33-18-25(30)31/h4-12,21-23H,13-18H2,1-3H3,(H,30,31)/t21-,22-,23-/m0/s1. The molecule has 0 unspecified atom stereocenters. The number of hydrogen-bond acceptors (Lipinski definition) is 5. The van der Waals surface area contributed by atoms with E-state index in [-0.39, 0.29) is 18.6 Å². The molecule has 0 bridgehead atoms. The molecule has 0 aliphatic carbocycles. The molecule has 0 radical (unpaired) electrons. The number of para-hydroxylation sites is 1. The lowest BCUT2D eigenvalue weighted by molar-refractivity contribution is -0.139. The summed E-state index contributed by atoms with van der Waals surface area (Å²) in [5.74, 6) is 0.199. The lowest BCUT2D eigenvalue weighted by Crippen LogP contribution is -2.49. The van der Waals surface area contributed by atoms with E-state index in [1.54, 1.807) is 0 Å². The Balaban J connectivity index is 1.55. The van der Waals surface area contributed by atoms with Gasteiger partial charge in [-0.3, -0.25) is 4.90 Å². The van der Waals surface area contributed by atoms with Crippen LogP contribution >= 0.6 is 0 Å². The smallest absolute Gasteiger partial charge is 0.410 e. The van der Waals surface area contributed by atoms with Crippen molar-refractivity contribution in [2.75, 3.05) is 26.2 Å². The number of amides is 1. The van der Waals surface area contributed by atoms with E-state index >= 15 is 0 Å². The number of carboxylic acid groups (broad SMARTS) is 1. The van der Waals surface area contributed by atoms with E-state index in [2.05, 4.69) is 29.2 Å².